The number of hydrazine groups is 1. The Bertz CT molecular complexity index is 251. The van der Waals surface area contributed by atoms with Gasteiger partial charge in [0.25, 0.3) is 0 Å². The highest BCUT2D eigenvalue weighted by molar-refractivity contribution is 6.26. The Morgan fingerprint density at radius 3 is 2.87 bits per heavy atom. The number of cyclic esters (lactones) is 1. The number of nitrogens with zero attached hydrogens (tertiary/aromatic N) is 1. The molecule has 0 aromatic heterocycles. The first-order chi connectivity index (χ1) is 7.17. The van der Waals surface area contributed by atoms with Crippen LogP contribution in [0.3, 0.4) is 0 Å². The van der Waals surface area contributed by atoms with Gasteiger partial charge >= 0.3 is 12.1 Å². The highest BCUT2D eigenvalue weighted by Gasteiger charge is 2.25. The van der Waals surface area contributed by atoms with Crippen LogP contribution < -0.4 is 5.43 Å². The van der Waals surface area contributed by atoms with Crippen LogP contribution in [0.1, 0.15) is 0 Å². The number of hydrogen-bond donors (Lipinski definition) is 1. The topological polar surface area (TPSA) is 67.9 Å². The normalized spacial score (nSPS) is 17.5. The molecule has 1 aliphatic heterocycles. The number of carbonyl (C=O) groups excluding carboxylic acids is 2. The molecule has 1 unspecified atom stereocenters. The van der Waals surface area contributed by atoms with Gasteiger partial charge in [-0.3, -0.25) is 4.79 Å². The second-order valence-electron chi connectivity index (χ2n) is 2.66. The van der Waals surface area contributed by atoms with E-state index in [1.807, 2.05) is 0 Å². The minimum Gasteiger partial charge on any atom is -0.447 e. The van der Waals surface area contributed by atoms with Gasteiger partial charge in [0.1, 0.15) is 12.5 Å². The number of amides is 1. The Morgan fingerprint density at radius 2 is 2.40 bits per heavy atom. The smallest absolute Gasteiger partial charge is 0.424 e. The van der Waals surface area contributed by atoms with E-state index in [-0.39, 0.29) is 11.8 Å². The highest BCUT2D eigenvalue weighted by Crippen LogP contribution is 2.02. The van der Waals surface area contributed by atoms with Crippen molar-refractivity contribution in [1.82, 2.24) is 10.4 Å². The zero-order chi connectivity index (χ0) is 11.3. The minimum absolute atomic E-state index is 0.00636. The van der Waals surface area contributed by atoms with Gasteiger partial charge in [-0.1, -0.05) is 0 Å². The van der Waals surface area contributed by atoms with E-state index in [9.17, 15) is 9.59 Å². The Balaban J connectivity index is 2.38. The van der Waals surface area contributed by atoms with E-state index in [0.29, 0.717) is 13.2 Å². The number of ether oxygens (including phenoxy) is 2. The summed E-state index contributed by atoms with van der Waals surface area (Å²) in [5, 5.41) is 1.19. The maximum Gasteiger partial charge on any atom is 0.424 e. The first-order valence-electron chi connectivity index (χ1n) is 4.19. The largest absolute Gasteiger partial charge is 0.447 e. The Morgan fingerprint density at radius 1 is 1.67 bits per heavy atom. The molecule has 0 aromatic rings. The summed E-state index contributed by atoms with van der Waals surface area (Å²) in [6.07, 6.45) is -1.31. The van der Waals surface area contributed by atoms with E-state index in [1.54, 1.807) is 0 Å². The summed E-state index contributed by atoms with van der Waals surface area (Å²) < 4.78 is 9.45. The van der Waals surface area contributed by atoms with E-state index < -0.39 is 18.3 Å². The van der Waals surface area contributed by atoms with Crippen LogP contribution in [-0.4, -0.2) is 48.2 Å². The van der Waals surface area contributed by atoms with Gasteiger partial charge in [-0.15, -0.1) is 23.2 Å². The van der Waals surface area contributed by atoms with E-state index in [0.717, 1.165) is 0 Å². The fraction of sp³-hybridized carbons (Fsp3) is 0.714. The molecule has 0 spiro atoms. The van der Waals surface area contributed by atoms with Crippen LogP contribution in [0, 0.1) is 0 Å². The quantitative estimate of drug-likeness (QED) is 0.435. The highest BCUT2D eigenvalue weighted by atomic mass is 35.5. The molecule has 1 aliphatic rings. The molecule has 1 N–H and O–H groups in total. The molecule has 1 atom stereocenters. The Kier molecular flexibility index (Phi) is 4.93. The fourth-order valence-electron chi connectivity index (χ4n) is 0.967. The lowest BCUT2D eigenvalue weighted by atomic mass is 10.6. The monoisotopic (exact) mass is 256 g/mol. The standard InChI is InChI=1S/C7H10Cl2N2O4/c8-3-5(15-6(12)4-9)10-11-1-2-14-7(11)13/h5,10H,1-4H2. The first-order valence-corrected chi connectivity index (χ1v) is 5.26. The number of esters is 1. The van der Waals surface area contributed by atoms with Crippen molar-refractivity contribution in [1.29, 1.82) is 0 Å². The third-order valence-corrected chi connectivity index (χ3v) is 2.08. The van der Waals surface area contributed by atoms with Crippen LogP contribution in [0.2, 0.25) is 0 Å². The van der Waals surface area contributed by atoms with Gasteiger partial charge in [-0.25, -0.2) is 9.80 Å². The molecule has 86 valence electrons. The summed E-state index contributed by atoms with van der Waals surface area (Å²) in [6.45, 7) is 0.676. The summed E-state index contributed by atoms with van der Waals surface area (Å²) in [5.74, 6) is -0.867. The van der Waals surface area contributed by atoms with Crippen molar-refractivity contribution in [2.75, 3.05) is 24.9 Å². The molecule has 8 heteroatoms. The summed E-state index contributed by atoms with van der Waals surface area (Å²) in [4.78, 5) is 21.9. The summed E-state index contributed by atoms with van der Waals surface area (Å²) in [7, 11) is 0. The molecule has 6 nitrogen and oxygen atoms in total. The second-order valence-corrected chi connectivity index (χ2v) is 3.24. The fourth-order valence-corrected chi connectivity index (χ4v) is 1.16. The number of carbonyl (C=O) groups is 2. The van der Waals surface area contributed by atoms with E-state index >= 15 is 0 Å². The molecule has 1 rings (SSSR count). The molecule has 15 heavy (non-hydrogen) atoms. The number of alkyl halides is 2. The van der Waals surface area contributed by atoms with Crippen molar-refractivity contribution in [3.8, 4) is 0 Å². The number of rotatable bonds is 5. The van der Waals surface area contributed by atoms with Crippen molar-refractivity contribution in [2.24, 2.45) is 0 Å². The van der Waals surface area contributed by atoms with Crippen molar-refractivity contribution in [2.45, 2.75) is 6.23 Å². The summed E-state index contributed by atoms with van der Waals surface area (Å²) in [5.41, 5.74) is 2.61. The van der Waals surface area contributed by atoms with Crippen molar-refractivity contribution < 1.29 is 19.1 Å². The van der Waals surface area contributed by atoms with Gasteiger partial charge in [0.2, 0.25) is 0 Å². The molecule has 0 saturated carbocycles. The molecule has 0 aromatic carbocycles. The van der Waals surface area contributed by atoms with Crippen molar-refractivity contribution in [3.63, 3.8) is 0 Å². The van der Waals surface area contributed by atoms with Gasteiger partial charge in [0, 0.05) is 0 Å². The number of nitrogens with one attached hydrogen (secondary N) is 1. The van der Waals surface area contributed by atoms with Crippen molar-refractivity contribution >= 4 is 35.3 Å². The summed E-state index contributed by atoms with van der Waals surface area (Å²) in [6, 6.07) is 0. The van der Waals surface area contributed by atoms with Gasteiger partial charge in [0.05, 0.1) is 12.4 Å². The molecule has 1 fully saturated rings. The molecule has 1 saturated heterocycles. The van der Waals surface area contributed by atoms with Crippen LogP contribution in [-0.2, 0) is 14.3 Å². The van der Waals surface area contributed by atoms with E-state index in [1.165, 1.54) is 5.01 Å². The van der Waals surface area contributed by atoms with Gasteiger partial charge in [-0.2, -0.15) is 5.43 Å². The van der Waals surface area contributed by atoms with Crippen LogP contribution in [0.5, 0.6) is 0 Å². The average molecular weight is 257 g/mol. The predicted octanol–water partition coefficient (Wildman–Crippen LogP) is 0.290. The minimum atomic E-state index is -0.788. The van der Waals surface area contributed by atoms with E-state index in [4.69, 9.17) is 27.9 Å². The Labute approximate surface area is 96.4 Å². The molecule has 0 aliphatic carbocycles. The molecule has 0 bridgehead atoms. The van der Waals surface area contributed by atoms with Crippen molar-refractivity contribution in [3.05, 3.63) is 0 Å². The van der Waals surface area contributed by atoms with Gasteiger partial charge in [0.15, 0.2) is 6.23 Å². The van der Waals surface area contributed by atoms with Crippen LogP contribution in [0.4, 0.5) is 4.79 Å². The van der Waals surface area contributed by atoms with Crippen LogP contribution in [0.25, 0.3) is 0 Å². The maximum absolute atomic E-state index is 11.0. The zero-order valence-electron chi connectivity index (χ0n) is 7.74. The first kappa shape index (κ1) is 12.4. The second kappa shape index (κ2) is 5.99. The Hall–Kier alpha value is -0.720. The van der Waals surface area contributed by atoms with Gasteiger partial charge < -0.3 is 9.47 Å². The maximum atomic E-state index is 11.0. The molecular formula is C7H10Cl2N2O4. The molecule has 0 radical (unpaired) electrons. The third kappa shape index (κ3) is 3.73. The lowest BCUT2D eigenvalue weighted by molar-refractivity contribution is -0.148. The predicted molar refractivity (Wildman–Crippen MR) is 52.5 cm³/mol. The third-order valence-electron chi connectivity index (χ3n) is 1.58. The van der Waals surface area contributed by atoms with E-state index in [2.05, 4.69) is 10.2 Å². The lowest BCUT2D eigenvalue weighted by Gasteiger charge is -2.21. The molecule has 1 amide bonds. The number of hydrogen-bond acceptors (Lipinski definition) is 5. The lowest BCUT2D eigenvalue weighted by Crippen LogP contribution is -2.48. The summed E-state index contributed by atoms with van der Waals surface area (Å²) >= 11 is 10.8. The molecular weight excluding hydrogens is 247 g/mol. The van der Waals surface area contributed by atoms with Gasteiger partial charge in [-0.05, 0) is 0 Å². The SMILES string of the molecule is O=C(CCl)OC(CCl)NN1CCOC1=O. The zero-order valence-corrected chi connectivity index (χ0v) is 9.25. The number of halogens is 2. The molecule has 1 heterocycles. The van der Waals surface area contributed by atoms with Crippen LogP contribution in [0.15, 0.2) is 0 Å². The average Bonchev–Trinajstić information content (AvgIpc) is 2.63. The van der Waals surface area contributed by atoms with Crippen LogP contribution >= 0.6 is 23.2 Å².